The van der Waals surface area contributed by atoms with Crippen molar-refractivity contribution in [2.75, 3.05) is 32.5 Å². The number of hydrogen-bond acceptors (Lipinski definition) is 15. The van der Waals surface area contributed by atoms with Crippen LogP contribution in [0.3, 0.4) is 0 Å². The highest BCUT2D eigenvalue weighted by Gasteiger charge is 2.58. The molecule has 272 valence electrons. The summed E-state index contributed by atoms with van der Waals surface area (Å²) in [5.41, 5.74) is 17.1. The number of nitrogens with one attached hydrogen (secondary N) is 1. The third-order valence-electron chi connectivity index (χ3n) is 7.53. The van der Waals surface area contributed by atoms with Crippen LogP contribution in [-0.4, -0.2) is 96.2 Å². The molecule has 0 bridgehead atoms. The van der Waals surface area contributed by atoms with Gasteiger partial charge in [0.1, 0.15) is 24.1 Å². The second-order valence-electron chi connectivity index (χ2n) is 11.4. The molecule has 19 nitrogen and oxygen atoms in total. The maximum Gasteiger partial charge on any atom is 0.420 e. The van der Waals surface area contributed by atoms with Crippen molar-refractivity contribution in [3.63, 3.8) is 0 Å². The lowest BCUT2D eigenvalue weighted by Gasteiger charge is -2.50. The maximum absolute atomic E-state index is 13.3. The first-order valence-corrected chi connectivity index (χ1v) is 17.5. The average molecular weight is 739 g/mol. The second-order valence-corrected chi connectivity index (χ2v) is 13.6. The van der Waals surface area contributed by atoms with Crippen molar-refractivity contribution in [1.82, 2.24) is 20.0 Å². The Morgan fingerprint density at radius 3 is 2.46 bits per heavy atom. The fourth-order valence-corrected chi connectivity index (χ4v) is 5.83. The number of carboxylic acids is 1. The number of carboxylic acid groups (broad SMARTS) is 1. The van der Waals surface area contributed by atoms with Crippen molar-refractivity contribution >= 4 is 50.4 Å². The van der Waals surface area contributed by atoms with E-state index in [2.05, 4.69) is 33.3 Å². The summed E-state index contributed by atoms with van der Waals surface area (Å²) in [5, 5.41) is 18.0. The number of aliphatic carboxylic acids is 1. The van der Waals surface area contributed by atoms with Gasteiger partial charge in [0.2, 0.25) is 6.20 Å². The number of anilines is 1. The minimum absolute atomic E-state index is 0.0634. The van der Waals surface area contributed by atoms with E-state index in [9.17, 15) is 27.9 Å². The van der Waals surface area contributed by atoms with Crippen LogP contribution in [-0.2, 0) is 51.2 Å². The molecule has 3 heterocycles. The molecule has 8 N–H and O–H groups in total. The number of aryl methyl sites for hydroxylation is 2. The van der Waals surface area contributed by atoms with Crippen LogP contribution in [0.2, 0.25) is 0 Å². The molecule has 1 aromatic carbocycles. The predicted octanol–water partition coefficient (Wildman–Crippen LogP) is -0.640. The highest BCUT2D eigenvalue weighted by atomic mass is 32.3. The fraction of sp³-hybridized carbons (Fsp3) is 0.448. The van der Waals surface area contributed by atoms with Crippen LogP contribution in [0.5, 0.6) is 5.75 Å². The molecule has 50 heavy (non-hydrogen) atoms. The number of aromatic nitrogens is 3. The molecule has 2 amide bonds. The zero-order chi connectivity index (χ0) is 36.6. The highest BCUT2D eigenvalue weighted by Crippen LogP contribution is 2.33. The Hall–Kier alpha value is -4.67. The molecule has 1 aliphatic heterocycles. The van der Waals surface area contributed by atoms with Gasteiger partial charge in [-0.25, -0.2) is 9.78 Å². The number of β-lactam (4-membered cyclic amide) rings is 1. The van der Waals surface area contributed by atoms with Gasteiger partial charge in [-0.05, 0) is 51.1 Å². The SMILES string of the molecule is COS(=O)(=O)ON1C(=O)C(NC(=O)/C(=N\OC(COc2ccc(-c3cn(CCCN)[n+](CCCN)c3)cc2)C(=O)O)c2csc(N)n2)C1(C)C. The molecule has 0 aliphatic carbocycles. The van der Waals surface area contributed by atoms with E-state index in [0.29, 0.717) is 23.9 Å². The summed E-state index contributed by atoms with van der Waals surface area (Å²) in [6.07, 6.45) is 4.02. The number of nitrogens with two attached hydrogens (primary N) is 3. The van der Waals surface area contributed by atoms with Crippen LogP contribution in [0.25, 0.3) is 11.1 Å². The molecule has 2 aromatic heterocycles. The molecule has 4 rings (SSSR count). The van der Waals surface area contributed by atoms with E-state index in [-0.39, 0.29) is 10.8 Å². The summed E-state index contributed by atoms with van der Waals surface area (Å²) in [6, 6.07) is 5.74. The van der Waals surface area contributed by atoms with E-state index in [1.807, 2.05) is 24.5 Å². The molecule has 3 aromatic rings. The van der Waals surface area contributed by atoms with Crippen molar-refractivity contribution in [1.29, 1.82) is 0 Å². The number of nitrogen functional groups attached to an aromatic ring is 1. The lowest BCUT2D eigenvalue weighted by atomic mass is 9.84. The standard InChI is InChI=1S/C29H39N9O10S2/c1-29(2)24(26(40)38(29)48-50(43,44)45-3)34-25(39)23(21-17-49-28(32)33-21)35-47-22(27(41)42)16-46-20-8-6-18(7-9-20)19-14-36(12-4-10-30)37(15-19)13-5-11-31/h6-9,14-15,17,22,24H,4-5,10-13,16,30-31H2,1-3H3,(H3-,32,33,34,39,41,42)/p+1/b35-23-. The van der Waals surface area contributed by atoms with Crippen molar-refractivity contribution in [2.45, 2.75) is 57.5 Å². The lowest BCUT2D eigenvalue weighted by molar-refractivity contribution is -0.775. The summed E-state index contributed by atoms with van der Waals surface area (Å²) >= 11 is 0.975. The van der Waals surface area contributed by atoms with Crippen LogP contribution in [0, 0.1) is 0 Å². The zero-order valence-electron chi connectivity index (χ0n) is 27.6. The van der Waals surface area contributed by atoms with E-state index in [1.54, 1.807) is 12.1 Å². The van der Waals surface area contributed by atoms with E-state index in [4.69, 9.17) is 26.8 Å². The first-order chi connectivity index (χ1) is 23.7. The number of benzene rings is 1. The van der Waals surface area contributed by atoms with Gasteiger partial charge in [0.15, 0.2) is 17.4 Å². The predicted molar refractivity (Wildman–Crippen MR) is 178 cm³/mol. The van der Waals surface area contributed by atoms with Gasteiger partial charge in [0.25, 0.3) is 17.9 Å². The second kappa shape index (κ2) is 16.4. The summed E-state index contributed by atoms with van der Waals surface area (Å²) in [5.74, 6) is -2.98. The van der Waals surface area contributed by atoms with Crippen LogP contribution in [0.1, 0.15) is 32.4 Å². The third kappa shape index (κ3) is 9.11. The van der Waals surface area contributed by atoms with E-state index < -0.39 is 58.2 Å². The normalized spacial score (nSPS) is 16.5. The van der Waals surface area contributed by atoms with Crippen LogP contribution in [0.4, 0.5) is 5.13 Å². The lowest BCUT2D eigenvalue weighted by Crippen LogP contribution is -2.76. The monoisotopic (exact) mass is 738 g/mol. The van der Waals surface area contributed by atoms with Crippen molar-refractivity contribution in [3.8, 4) is 16.9 Å². The van der Waals surface area contributed by atoms with Gasteiger partial charge in [0.05, 0.1) is 31.0 Å². The van der Waals surface area contributed by atoms with Crippen molar-refractivity contribution in [2.24, 2.45) is 16.6 Å². The molecule has 21 heteroatoms. The molecule has 1 saturated heterocycles. The number of rotatable bonds is 19. The summed E-state index contributed by atoms with van der Waals surface area (Å²) in [4.78, 5) is 47.3. The molecule has 0 saturated carbocycles. The molecule has 2 atom stereocenters. The van der Waals surface area contributed by atoms with E-state index in [1.165, 1.54) is 19.2 Å². The van der Waals surface area contributed by atoms with Gasteiger partial charge in [-0.2, -0.15) is 18.2 Å². The fourth-order valence-electron chi connectivity index (χ4n) is 4.77. The number of oxime groups is 1. The Balaban J connectivity index is 1.45. The van der Waals surface area contributed by atoms with Gasteiger partial charge in [-0.15, -0.1) is 20.3 Å². The maximum atomic E-state index is 13.3. The smallest absolute Gasteiger partial charge is 0.420 e. The number of amides is 2. The average Bonchev–Trinajstić information content (AvgIpc) is 3.71. The summed E-state index contributed by atoms with van der Waals surface area (Å²) in [6.45, 7) is 5.02. The van der Waals surface area contributed by atoms with Gasteiger partial charge in [0, 0.05) is 11.8 Å². The number of hydroxylamine groups is 2. The van der Waals surface area contributed by atoms with Gasteiger partial charge >= 0.3 is 16.4 Å². The molecule has 0 radical (unpaired) electrons. The molecule has 0 spiro atoms. The number of carbonyl (C=O) groups is 3. The number of hydrogen-bond donors (Lipinski definition) is 5. The Morgan fingerprint density at radius 1 is 1.18 bits per heavy atom. The minimum atomic E-state index is -4.52. The van der Waals surface area contributed by atoms with Crippen LogP contribution >= 0.6 is 11.3 Å². The van der Waals surface area contributed by atoms with Crippen molar-refractivity contribution in [3.05, 3.63) is 47.7 Å². The number of thiazole rings is 1. The van der Waals surface area contributed by atoms with Gasteiger partial charge in [-0.1, -0.05) is 17.3 Å². The quantitative estimate of drug-likeness (QED) is 0.0443. The third-order valence-corrected chi connectivity index (χ3v) is 8.94. The van der Waals surface area contributed by atoms with E-state index in [0.717, 1.165) is 55.5 Å². The number of ether oxygens (including phenoxy) is 1. The molecular weight excluding hydrogens is 699 g/mol. The first kappa shape index (κ1) is 38.1. The summed E-state index contributed by atoms with van der Waals surface area (Å²) < 4.78 is 42.1. The van der Waals surface area contributed by atoms with E-state index >= 15 is 0 Å². The topological polar surface area (TPSA) is 270 Å². The van der Waals surface area contributed by atoms with Gasteiger partial charge < -0.3 is 37.2 Å². The Labute approximate surface area is 291 Å². The van der Waals surface area contributed by atoms with Crippen LogP contribution in [0.15, 0.2) is 47.2 Å². The largest absolute Gasteiger partial charge is 0.489 e. The number of nitrogens with zero attached hydrogens (tertiary/aromatic N) is 5. The molecule has 2 unspecified atom stereocenters. The minimum Gasteiger partial charge on any atom is -0.489 e. The molecule has 1 aliphatic rings. The number of carbonyl (C=O) groups excluding carboxylic acids is 2. The first-order valence-electron chi connectivity index (χ1n) is 15.3. The van der Waals surface area contributed by atoms with Gasteiger partial charge in [-0.3, -0.25) is 13.8 Å². The zero-order valence-corrected chi connectivity index (χ0v) is 29.2. The molecular formula is C29H40N9O10S2+. The summed E-state index contributed by atoms with van der Waals surface area (Å²) in [7, 11) is -3.66. The van der Waals surface area contributed by atoms with Crippen LogP contribution < -0.4 is 31.9 Å². The highest BCUT2D eigenvalue weighted by molar-refractivity contribution is 7.81. The Kier molecular flexibility index (Phi) is 12.5. The Morgan fingerprint density at radius 2 is 1.88 bits per heavy atom. The molecule has 1 fully saturated rings. The Bertz CT molecular complexity index is 1780. The van der Waals surface area contributed by atoms with Crippen molar-refractivity contribution < 1.29 is 50.6 Å².